The van der Waals surface area contributed by atoms with Crippen LogP contribution in [0.1, 0.15) is 37.9 Å². The van der Waals surface area contributed by atoms with Crippen molar-refractivity contribution in [2.24, 2.45) is 7.05 Å². The van der Waals surface area contributed by atoms with E-state index >= 15 is 0 Å². The Bertz CT molecular complexity index is 275. The molecule has 0 radical (unpaired) electrons. The van der Waals surface area contributed by atoms with Crippen LogP contribution < -0.4 is 5.32 Å². The smallest absolute Gasteiger partial charge is 0.0547 e. The van der Waals surface area contributed by atoms with E-state index in [2.05, 4.69) is 23.4 Å². The third kappa shape index (κ3) is 1.75. The highest BCUT2D eigenvalue weighted by atomic mass is 15.3. The highest BCUT2D eigenvalue weighted by molar-refractivity contribution is 5.06. The van der Waals surface area contributed by atoms with Crippen molar-refractivity contribution < 1.29 is 0 Å². The van der Waals surface area contributed by atoms with Crippen LogP contribution in [0.3, 0.4) is 0 Å². The van der Waals surface area contributed by atoms with Gasteiger partial charge in [-0.1, -0.05) is 6.42 Å². The first kappa shape index (κ1) is 8.75. The lowest BCUT2D eigenvalue weighted by molar-refractivity contribution is 0.308. The van der Waals surface area contributed by atoms with Crippen molar-refractivity contribution in [3.63, 3.8) is 0 Å². The fourth-order valence-corrected chi connectivity index (χ4v) is 1.82. The summed E-state index contributed by atoms with van der Waals surface area (Å²) < 4.78 is 1.94. The molecular formula is C10H17N3. The lowest BCUT2D eigenvalue weighted by Crippen LogP contribution is -2.37. The summed E-state index contributed by atoms with van der Waals surface area (Å²) in [5, 5.41) is 7.76. The van der Waals surface area contributed by atoms with Crippen LogP contribution in [-0.2, 0) is 7.05 Å². The van der Waals surface area contributed by atoms with Crippen molar-refractivity contribution in [2.45, 2.75) is 38.3 Å². The monoisotopic (exact) mass is 179 g/mol. The zero-order chi connectivity index (χ0) is 9.26. The van der Waals surface area contributed by atoms with Crippen molar-refractivity contribution >= 4 is 0 Å². The van der Waals surface area contributed by atoms with Crippen LogP contribution in [-0.4, -0.2) is 15.8 Å². The maximum Gasteiger partial charge on any atom is 0.0547 e. The average Bonchev–Trinajstić information content (AvgIpc) is 2.43. The number of aromatic nitrogens is 2. The van der Waals surface area contributed by atoms with Crippen molar-refractivity contribution in [1.29, 1.82) is 0 Å². The molecule has 13 heavy (non-hydrogen) atoms. The zero-order valence-corrected chi connectivity index (χ0v) is 8.33. The third-order valence-electron chi connectivity index (χ3n) is 2.89. The summed E-state index contributed by atoms with van der Waals surface area (Å²) in [5.41, 5.74) is 1.27. The molecule has 1 N–H and O–H groups in total. The summed E-state index contributed by atoms with van der Waals surface area (Å²) in [7, 11) is 1.99. The standard InChI is InChI=1S/C10H17N3/c1-8(12-9-4-3-5-9)10-6-7-11-13(10)2/h6-9,12H,3-5H2,1-2H3. The highest BCUT2D eigenvalue weighted by Crippen LogP contribution is 2.22. The Kier molecular flexibility index (Phi) is 2.36. The highest BCUT2D eigenvalue weighted by Gasteiger charge is 2.20. The van der Waals surface area contributed by atoms with E-state index in [1.165, 1.54) is 25.0 Å². The van der Waals surface area contributed by atoms with Crippen LogP contribution in [0.25, 0.3) is 0 Å². The van der Waals surface area contributed by atoms with Gasteiger partial charge in [-0.15, -0.1) is 0 Å². The van der Waals surface area contributed by atoms with E-state index in [1.807, 2.05) is 17.9 Å². The van der Waals surface area contributed by atoms with E-state index in [0.717, 1.165) is 6.04 Å². The molecule has 1 aromatic rings. The minimum Gasteiger partial charge on any atom is -0.306 e. The van der Waals surface area contributed by atoms with Crippen LogP contribution in [0.15, 0.2) is 12.3 Å². The maximum atomic E-state index is 4.17. The molecule has 3 heteroatoms. The molecule has 3 nitrogen and oxygen atoms in total. The van der Waals surface area contributed by atoms with Gasteiger partial charge in [-0.05, 0) is 25.8 Å². The molecule has 72 valence electrons. The minimum absolute atomic E-state index is 0.429. The largest absolute Gasteiger partial charge is 0.306 e. The van der Waals surface area contributed by atoms with Gasteiger partial charge in [0.05, 0.1) is 5.69 Å². The van der Waals surface area contributed by atoms with Gasteiger partial charge in [0.2, 0.25) is 0 Å². The van der Waals surface area contributed by atoms with E-state index in [-0.39, 0.29) is 0 Å². The van der Waals surface area contributed by atoms with Crippen molar-refractivity contribution in [3.05, 3.63) is 18.0 Å². The number of hydrogen-bond donors (Lipinski definition) is 1. The first-order chi connectivity index (χ1) is 6.27. The van der Waals surface area contributed by atoms with Gasteiger partial charge in [0.25, 0.3) is 0 Å². The number of nitrogens with one attached hydrogen (secondary N) is 1. The first-order valence-corrected chi connectivity index (χ1v) is 5.01. The Morgan fingerprint density at radius 3 is 2.85 bits per heavy atom. The molecule has 0 aromatic carbocycles. The van der Waals surface area contributed by atoms with Crippen LogP contribution >= 0.6 is 0 Å². The molecule has 1 heterocycles. The fourth-order valence-electron chi connectivity index (χ4n) is 1.82. The molecular weight excluding hydrogens is 162 g/mol. The second-order valence-corrected chi connectivity index (χ2v) is 3.90. The summed E-state index contributed by atoms with van der Waals surface area (Å²) in [6.45, 7) is 2.20. The van der Waals surface area contributed by atoms with E-state index < -0.39 is 0 Å². The van der Waals surface area contributed by atoms with Crippen LogP contribution in [0.4, 0.5) is 0 Å². The van der Waals surface area contributed by atoms with E-state index in [4.69, 9.17) is 0 Å². The number of nitrogens with zero attached hydrogens (tertiary/aromatic N) is 2. The summed E-state index contributed by atoms with van der Waals surface area (Å²) in [5.74, 6) is 0. The topological polar surface area (TPSA) is 29.9 Å². The van der Waals surface area contributed by atoms with Crippen molar-refractivity contribution in [3.8, 4) is 0 Å². The van der Waals surface area contributed by atoms with Gasteiger partial charge in [0.15, 0.2) is 0 Å². The average molecular weight is 179 g/mol. The molecule has 0 aliphatic heterocycles. The Labute approximate surface area is 79.1 Å². The van der Waals surface area contributed by atoms with Crippen LogP contribution in [0, 0.1) is 0 Å². The number of rotatable bonds is 3. The van der Waals surface area contributed by atoms with E-state index in [1.54, 1.807) is 0 Å². The Hall–Kier alpha value is -0.830. The molecule has 0 bridgehead atoms. The van der Waals surface area contributed by atoms with Crippen molar-refractivity contribution in [1.82, 2.24) is 15.1 Å². The molecule has 1 unspecified atom stereocenters. The maximum absolute atomic E-state index is 4.17. The second-order valence-electron chi connectivity index (χ2n) is 3.90. The Morgan fingerprint density at radius 2 is 2.38 bits per heavy atom. The predicted molar refractivity (Wildman–Crippen MR) is 52.4 cm³/mol. The minimum atomic E-state index is 0.429. The molecule has 1 atom stereocenters. The van der Waals surface area contributed by atoms with Gasteiger partial charge in [-0.2, -0.15) is 5.10 Å². The van der Waals surface area contributed by atoms with Gasteiger partial charge in [0, 0.05) is 25.3 Å². The third-order valence-corrected chi connectivity index (χ3v) is 2.89. The predicted octanol–water partition coefficient (Wildman–Crippen LogP) is 1.62. The van der Waals surface area contributed by atoms with E-state index in [0.29, 0.717) is 6.04 Å². The molecule has 1 fully saturated rings. The molecule has 2 rings (SSSR count). The second kappa shape index (κ2) is 3.50. The van der Waals surface area contributed by atoms with Gasteiger partial charge < -0.3 is 5.32 Å². The molecule has 1 saturated carbocycles. The van der Waals surface area contributed by atoms with Crippen LogP contribution in [0.2, 0.25) is 0 Å². The molecule has 0 saturated heterocycles. The Morgan fingerprint density at radius 1 is 1.62 bits per heavy atom. The zero-order valence-electron chi connectivity index (χ0n) is 8.33. The lowest BCUT2D eigenvalue weighted by atomic mass is 9.92. The normalized spacial score (nSPS) is 19.8. The summed E-state index contributed by atoms with van der Waals surface area (Å²) in [6, 6.07) is 3.25. The summed E-state index contributed by atoms with van der Waals surface area (Å²) >= 11 is 0. The number of hydrogen-bond acceptors (Lipinski definition) is 2. The molecule has 1 aliphatic carbocycles. The molecule has 1 aliphatic rings. The summed E-state index contributed by atoms with van der Waals surface area (Å²) in [6.07, 6.45) is 5.91. The lowest BCUT2D eigenvalue weighted by Gasteiger charge is -2.30. The van der Waals surface area contributed by atoms with Gasteiger partial charge >= 0.3 is 0 Å². The van der Waals surface area contributed by atoms with Crippen LogP contribution in [0.5, 0.6) is 0 Å². The Balaban J connectivity index is 1.96. The summed E-state index contributed by atoms with van der Waals surface area (Å²) in [4.78, 5) is 0. The van der Waals surface area contributed by atoms with Gasteiger partial charge in [-0.25, -0.2) is 0 Å². The van der Waals surface area contributed by atoms with Gasteiger partial charge in [0.1, 0.15) is 0 Å². The van der Waals surface area contributed by atoms with Crippen molar-refractivity contribution in [2.75, 3.05) is 0 Å². The first-order valence-electron chi connectivity index (χ1n) is 5.01. The SMILES string of the molecule is CC(NC1CCC1)c1ccnn1C. The molecule has 0 spiro atoms. The van der Waals surface area contributed by atoms with Gasteiger partial charge in [-0.3, -0.25) is 4.68 Å². The quantitative estimate of drug-likeness (QED) is 0.764. The molecule has 0 amide bonds. The molecule has 1 aromatic heterocycles. The fraction of sp³-hybridized carbons (Fsp3) is 0.700. The van der Waals surface area contributed by atoms with E-state index in [9.17, 15) is 0 Å². The number of aryl methyl sites for hydroxylation is 1.